The number of unbranched alkanes of at least 4 members (excludes halogenated alkanes) is 11. The van der Waals surface area contributed by atoms with E-state index in [-0.39, 0.29) is 29.5 Å². The number of amides is 1. The maximum Gasteiger partial charge on any atom is 0.262 e. The number of nitrogens with one attached hydrogen (secondary N) is 1. The zero-order valence-corrected chi connectivity index (χ0v) is 27.1. The molecule has 0 aliphatic heterocycles. The van der Waals surface area contributed by atoms with Crippen molar-refractivity contribution in [1.29, 1.82) is 0 Å². The maximum atomic E-state index is 12.5. The Kier molecular flexibility index (Phi) is 17.9. The molecule has 1 heterocycles. The largest absolute Gasteiger partial charge is 1.00 e. The fraction of sp³-hybridized carbons (Fsp3) is 0.515. The Hall–Kier alpha value is -2.58. The fourth-order valence-corrected chi connectivity index (χ4v) is 5.24. The third-order valence-corrected chi connectivity index (χ3v) is 7.53. The summed E-state index contributed by atoms with van der Waals surface area (Å²) in [4.78, 5) is 12.5. The molecule has 0 bridgehead atoms. The van der Waals surface area contributed by atoms with Gasteiger partial charge in [0, 0.05) is 17.3 Å². The van der Waals surface area contributed by atoms with Crippen LogP contribution in [0.3, 0.4) is 0 Å². The van der Waals surface area contributed by atoms with Gasteiger partial charge in [-0.05, 0) is 30.7 Å². The number of anilines is 1. The van der Waals surface area contributed by atoms with Crippen molar-refractivity contribution < 1.29 is 40.6 Å². The van der Waals surface area contributed by atoms with Gasteiger partial charge in [0.05, 0.1) is 19.1 Å². The quantitative estimate of drug-likeness (QED) is 0.128. The van der Waals surface area contributed by atoms with Crippen LogP contribution in [0.5, 0.6) is 17.2 Å². The SMILES string of the molecule is CCCCCCCCCCCCCCOc1ccc(OCC(=O)Nc2cccc(C[n+]3ccsc3)c2)cc1OC.[Br-]. The molecule has 3 aromatic rings. The molecular weight excluding hydrogens is 600 g/mol. The van der Waals surface area contributed by atoms with E-state index in [2.05, 4.69) is 22.3 Å². The summed E-state index contributed by atoms with van der Waals surface area (Å²) in [6.45, 7) is 3.61. The average molecular weight is 648 g/mol. The maximum absolute atomic E-state index is 12.5. The van der Waals surface area contributed by atoms with Gasteiger partial charge in [0.15, 0.2) is 30.8 Å². The van der Waals surface area contributed by atoms with Crippen LogP contribution in [0.2, 0.25) is 0 Å². The Balaban J connectivity index is 0.00000588. The third kappa shape index (κ3) is 14.2. The standard InChI is InChI=1S/C33H46N2O4S.BrH/c1-3-4-5-6-7-8-9-10-11-12-13-14-21-38-31-19-18-30(24-32(31)37-2)39-26-33(36)34-29-17-15-16-28(23-29)25-35-20-22-40-27-35;/h15-20,22-24,27H,3-14,21,25-26H2,1-2H3;1H. The second kappa shape index (κ2) is 21.2. The van der Waals surface area contributed by atoms with Crippen LogP contribution in [0, 0.1) is 0 Å². The van der Waals surface area contributed by atoms with Gasteiger partial charge in [0.2, 0.25) is 5.51 Å². The van der Waals surface area contributed by atoms with Gasteiger partial charge in [-0.3, -0.25) is 4.79 Å². The van der Waals surface area contributed by atoms with Gasteiger partial charge < -0.3 is 36.5 Å². The lowest BCUT2D eigenvalue weighted by Gasteiger charge is -2.13. The normalized spacial score (nSPS) is 10.6. The van der Waals surface area contributed by atoms with E-state index in [1.54, 1.807) is 24.5 Å². The highest BCUT2D eigenvalue weighted by Crippen LogP contribution is 2.31. The van der Waals surface area contributed by atoms with Crippen molar-refractivity contribution in [2.24, 2.45) is 0 Å². The lowest BCUT2D eigenvalue weighted by Crippen LogP contribution is -3.00. The van der Waals surface area contributed by atoms with E-state index in [9.17, 15) is 4.79 Å². The summed E-state index contributed by atoms with van der Waals surface area (Å²) in [5.41, 5.74) is 3.93. The molecule has 0 unspecified atom stereocenters. The second-order valence-corrected chi connectivity index (χ2v) is 11.0. The van der Waals surface area contributed by atoms with Crippen LogP contribution in [-0.2, 0) is 11.3 Å². The van der Waals surface area contributed by atoms with E-state index in [1.165, 1.54) is 70.6 Å². The van der Waals surface area contributed by atoms with Crippen molar-refractivity contribution in [3.05, 3.63) is 65.1 Å². The number of carbonyl (C=O) groups excluding carboxylic acids is 1. The van der Waals surface area contributed by atoms with Crippen LogP contribution in [0.15, 0.2) is 59.6 Å². The monoisotopic (exact) mass is 646 g/mol. The molecule has 0 radical (unpaired) electrons. The van der Waals surface area contributed by atoms with E-state index in [1.807, 2.05) is 48.0 Å². The van der Waals surface area contributed by atoms with Crippen molar-refractivity contribution in [2.45, 2.75) is 90.5 Å². The van der Waals surface area contributed by atoms with Gasteiger partial charge in [-0.2, -0.15) is 4.57 Å². The summed E-state index contributed by atoms with van der Waals surface area (Å²) < 4.78 is 19.3. The molecule has 0 saturated heterocycles. The number of hydrogen-bond donors (Lipinski definition) is 1. The number of thiazole rings is 1. The van der Waals surface area contributed by atoms with E-state index in [4.69, 9.17) is 14.2 Å². The Morgan fingerprint density at radius 1 is 0.854 bits per heavy atom. The molecule has 226 valence electrons. The zero-order chi connectivity index (χ0) is 28.3. The van der Waals surface area contributed by atoms with Crippen LogP contribution in [-0.4, -0.2) is 26.2 Å². The highest BCUT2D eigenvalue weighted by Gasteiger charge is 2.10. The molecule has 6 nitrogen and oxygen atoms in total. The summed E-state index contributed by atoms with van der Waals surface area (Å²) in [7, 11) is 1.61. The van der Waals surface area contributed by atoms with Gasteiger partial charge in [0.25, 0.3) is 5.91 Å². The Labute approximate surface area is 261 Å². The number of hydrogen-bond acceptors (Lipinski definition) is 5. The minimum atomic E-state index is -0.216. The van der Waals surface area contributed by atoms with Crippen molar-refractivity contribution in [3.63, 3.8) is 0 Å². The molecule has 1 amide bonds. The molecule has 41 heavy (non-hydrogen) atoms. The Morgan fingerprint density at radius 3 is 2.22 bits per heavy atom. The minimum Gasteiger partial charge on any atom is -1.00 e. The number of rotatable bonds is 21. The zero-order valence-electron chi connectivity index (χ0n) is 24.7. The van der Waals surface area contributed by atoms with Gasteiger partial charge in [-0.15, -0.1) is 0 Å². The molecule has 0 aliphatic carbocycles. The molecule has 3 rings (SSSR count). The molecule has 8 heteroatoms. The molecular formula is C33H47BrN2O4S. The van der Waals surface area contributed by atoms with Gasteiger partial charge in [0.1, 0.15) is 5.75 Å². The fourth-order valence-electron chi connectivity index (χ4n) is 4.64. The number of nitrogens with zero attached hydrogens (tertiary/aromatic N) is 1. The molecule has 0 spiro atoms. The van der Waals surface area contributed by atoms with Gasteiger partial charge >= 0.3 is 0 Å². The molecule has 0 atom stereocenters. The summed E-state index contributed by atoms with van der Waals surface area (Å²) in [6.07, 6.45) is 17.9. The lowest BCUT2D eigenvalue weighted by molar-refractivity contribution is -0.683. The van der Waals surface area contributed by atoms with E-state index >= 15 is 0 Å². The molecule has 1 N–H and O–H groups in total. The first kappa shape index (κ1) is 34.6. The molecule has 0 saturated carbocycles. The van der Waals surface area contributed by atoms with Crippen LogP contribution in [0.1, 0.15) is 89.5 Å². The number of ether oxygens (including phenoxy) is 3. The summed E-state index contributed by atoms with van der Waals surface area (Å²) in [5, 5.41) is 4.95. The smallest absolute Gasteiger partial charge is 0.262 e. The van der Waals surface area contributed by atoms with Crippen molar-refractivity contribution in [2.75, 3.05) is 25.6 Å². The van der Waals surface area contributed by atoms with Crippen molar-refractivity contribution in [3.8, 4) is 17.2 Å². The molecule has 0 fully saturated rings. The van der Waals surface area contributed by atoms with Crippen LogP contribution < -0.4 is 41.1 Å². The third-order valence-electron chi connectivity index (χ3n) is 6.86. The molecule has 0 aliphatic rings. The van der Waals surface area contributed by atoms with E-state index < -0.39 is 0 Å². The second-order valence-electron chi connectivity index (χ2n) is 10.3. The number of benzene rings is 2. The number of carbonyl (C=O) groups is 1. The first-order chi connectivity index (χ1) is 19.7. The Morgan fingerprint density at radius 2 is 1.56 bits per heavy atom. The highest BCUT2D eigenvalue weighted by molar-refractivity contribution is 7.07. The van der Waals surface area contributed by atoms with Crippen molar-refractivity contribution >= 4 is 22.9 Å². The summed E-state index contributed by atoms with van der Waals surface area (Å²) in [5.74, 6) is 1.65. The van der Waals surface area contributed by atoms with Crippen molar-refractivity contribution in [1.82, 2.24) is 0 Å². The predicted molar refractivity (Wildman–Crippen MR) is 164 cm³/mol. The Bertz CT molecular complexity index is 1110. The lowest BCUT2D eigenvalue weighted by atomic mass is 10.1. The topological polar surface area (TPSA) is 60.7 Å². The van der Waals surface area contributed by atoms with Crippen LogP contribution >= 0.6 is 11.3 Å². The van der Waals surface area contributed by atoms with Crippen LogP contribution in [0.25, 0.3) is 0 Å². The molecule has 1 aromatic heterocycles. The average Bonchev–Trinajstić information content (AvgIpc) is 3.48. The first-order valence-electron chi connectivity index (χ1n) is 14.9. The highest BCUT2D eigenvalue weighted by atomic mass is 79.9. The van der Waals surface area contributed by atoms with E-state index in [0.29, 0.717) is 23.9 Å². The summed E-state index contributed by atoms with van der Waals surface area (Å²) in [6, 6.07) is 13.3. The number of halogens is 1. The van der Waals surface area contributed by atoms with Crippen LogP contribution in [0.4, 0.5) is 5.69 Å². The summed E-state index contributed by atoms with van der Waals surface area (Å²) >= 11 is 1.65. The number of methoxy groups -OCH3 is 1. The van der Waals surface area contributed by atoms with Gasteiger partial charge in [-0.25, -0.2) is 0 Å². The number of aromatic nitrogens is 1. The van der Waals surface area contributed by atoms with Gasteiger partial charge in [-0.1, -0.05) is 101 Å². The first-order valence-corrected chi connectivity index (χ1v) is 15.9. The predicted octanol–water partition coefficient (Wildman–Crippen LogP) is 5.19. The minimum absolute atomic E-state index is 0. The van der Waals surface area contributed by atoms with E-state index in [0.717, 1.165) is 24.2 Å². The molecule has 2 aromatic carbocycles.